The van der Waals surface area contributed by atoms with Crippen molar-refractivity contribution < 1.29 is 27.5 Å². The summed E-state index contributed by atoms with van der Waals surface area (Å²) in [6.45, 7) is 2.96. The first-order chi connectivity index (χ1) is 15.3. The van der Waals surface area contributed by atoms with Crippen molar-refractivity contribution in [2.45, 2.75) is 25.2 Å². The number of nitrogens with one attached hydrogen (secondary N) is 2. The Hall–Kier alpha value is -3.01. The number of hydrogen-bond donors (Lipinski definition) is 2. The number of benzene rings is 1. The first-order valence-electron chi connectivity index (χ1n) is 10.6. The largest absolute Gasteiger partial charge is 0.472 e. The van der Waals surface area contributed by atoms with E-state index in [0.29, 0.717) is 50.6 Å². The van der Waals surface area contributed by atoms with Crippen LogP contribution < -0.4 is 15.5 Å². The molecule has 1 aromatic carbocycles. The molecule has 10 heteroatoms. The molecule has 0 radical (unpaired) electrons. The lowest BCUT2D eigenvalue weighted by Gasteiger charge is -2.36. The molecule has 0 bridgehead atoms. The molecule has 0 saturated carbocycles. The van der Waals surface area contributed by atoms with E-state index in [9.17, 15) is 22.8 Å². The zero-order chi connectivity index (χ0) is 22.7. The molecule has 0 spiro atoms. The minimum absolute atomic E-state index is 0.00709. The highest BCUT2D eigenvalue weighted by molar-refractivity contribution is 5.93. The molecule has 1 amide bonds. The van der Waals surface area contributed by atoms with Gasteiger partial charge in [-0.15, -0.1) is 0 Å². The van der Waals surface area contributed by atoms with Crippen LogP contribution in [0.4, 0.5) is 18.9 Å². The SMILES string of the molecule is O=C1C=CC2=C(C1)OC(CCNC(=O)CN1CCN(c3cccc(C(F)(F)F)c3)CC1)N2. The number of allylic oxidation sites excluding steroid dienone is 3. The van der Waals surface area contributed by atoms with Gasteiger partial charge >= 0.3 is 6.18 Å². The number of piperazine rings is 1. The van der Waals surface area contributed by atoms with Crippen molar-refractivity contribution in [2.24, 2.45) is 0 Å². The summed E-state index contributed by atoms with van der Waals surface area (Å²) >= 11 is 0. The minimum Gasteiger partial charge on any atom is -0.472 e. The summed E-state index contributed by atoms with van der Waals surface area (Å²) in [4.78, 5) is 27.6. The van der Waals surface area contributed by atoms with Gasteiger partial charge < -0.3 is 20.3 Å². The van der Waals surface area contributed by atoms with Crippen molar-refractivity contribution in [1.82, 2.24) is 15.5 Å². The number of ether oxygens (including phenoxy) is 1. The zero-order valence-corrected chi connectivity index (χ0v) is 17.5. The minimum atomic E-state index is -4.36. The quantitative estimate of drug-likeness (QED) is 0.691. The topological polar surface area (TPSA) is 73.9 Å². The fourth-order valence-corrected chi connectivity index (χ4v) is 3.97. The lowest BCUT2D eigenvalue weighted by molar-refractivity contribution is -0.137. The lowest BCUT2D eigenvalue weighted by Crippen LogP contribution is -2.49. The van der Waals surface area contributed by atoms with Crippen LogP contribution in [-0.2, 0) is 20.5 Å². The average molecular weight is 450 g/mol. The smallest absolute Gasteiger partial charge is 0.416 e. The summed E-state index contributed by atoms with van der Waals surface area (Å²) in [5.41, 5.74) is 0.705. The van der Waals surface area contributed by atoms with Crippen molar-refractivity contribution in [3.05, 3.63) is 53.4 Å². The summed E-state index contributed by atoms with van der Waals surface area (Å²) in [6, 6.07) is 5.33. The fourth-order valence-electron chi connectivity index (χ4n) is 3.97. The van der Waals surface area contributed by atoms with Crippen LogP contribution in [-0.4, -0.2) is 62.1 Å². The van der Waals surface area contributed by atoms with E-state index in [-0.39, 0.29) is 30.9 Å². The van der Waals surface area contributed by atoms with Gasteiger partial charge in [-0.1, -0.05) is 6.07 Å². The Morgan fingerprint density at radius 2 is 1.97 bits per heavy atom. The van der Waals surface area contributed by atoms with Crippen LogP contribution in [0.2, 0.25) is 0 Å². The van der Waals surface area contributed by atoms with Crippen molar-refractivity contribution in [2.75, 3.05) is 44.2 Å². The fraction of sp³-hybridized carbons (Fsp3) is 0.455. The number of halogens is 3. The van der Waals surface area contributed by atoms with Gasteiger partial charge in [0.2, 0.25) is 5.91 Å². The number of nitrogens with zero attached hydrogens (tertiary/aromatic N) is 2. The maximum atomic E-state index is 12.9. The Labute approximate surface area is 183 Å². The van der Waals surface area contributed by atoms with E-state index in [1.807, 2.05) is 9.80 Å². The summed E-state index contributed by atoms with van der Waals surface area (Å²) < 4.78 is 44.5. The van der Waals surface area contributed by atoms with Gasteiger partial charge in [0.25, 0.3) is 0 Å². The summed E-state index contributed by atoms with van der Waals surface area (Å²) in [5.74, 6) is 0.545. The Kier molecular flexibility index (Phi) is 6.40. The maximum Gasteiger partial charge on any atom is 0.416 e. The first-order valence-corrected chi connectivity index (χ1v) is 10.6. The van der Waals surface area contributed by atoms with E-state index in [1.165, 1.54) is 18.2 Å². The van der Waals surface area contributed by atoms with Gasteiger partial charge in [0.1, 0.15) is 5.76 Å². The molecule has 172 valence electrons. The molecule has 1 unspecified atom stereocenters. The van der Waals surface area contributed by atoms with Gasteiger partial charge in [-0.05, 0) is 30.4 Å². The maximum absolute atomic E-state index is 12.9. The molecule has 4 rings (SSSR count). The highest BCUT2D eigenvalue weighted by atomic mass is 19.4. The van der Waals surface area contributed by atoms with Gasteiger partial charge in [0.05, 0.1) is 24.2 Å². The van der Waals surface area contributed by atoms with E-state index >= 15 is 0 Å². The molecular formula is C22H25F3N4O3. The van der Waals surface area contributed by atoms with Crippen LogP contribution in [0.25, 0.3) is 0 Å². The Balaban J connectivity index is 1.16. The van der Waals surface area contributed by atoms with Crippen molar-refractivity contribution in [1.29, 1.82) is 0 Å². The monoisotopic (exact) mass is 450 g/mol. The molecule has 1 aromatic rings. The highest BCUT2D eigenvalue weighted by Crippen LogP contribution is 2.32. The molecule has 2 heterocycles. The molecule has 7 nitrogen and oxygen atoms in total. The Bertz CT molecular complexity index is 937. The molecule has 0 aromatic heterocycles. The number of anilines is 1. The number of ketones is 1. The normalized spacial score (nSPS) is 21.3. The van der Waals surface area contributed by atoms with E-state index in [0.717, 1.165) is 11.8 Å². The third-order valence-electron chi connectivity index (χ3n) is 5.68. The summed E-state index contributed by atoms with van der Waals surface area (Å²) in [5, 5.41) is 6.05. The number of rotatable bonds is 6. The van der Waals surface area contributed by atoms with Gasteiger partial charge in [-0.25, -0.2) is 0 Å². The van der Waals surface area contributed by atoms with Crippen LogP contribution in [0.15, 0.2) is 47.9 Å². The van der Waals surface area contributed by atoms with Crippen LogP contribution in [0, 0.1) is 0 Å². The number of carbonyl (C=O) groups excluding carboxylic acids is 2. The average Bonchev–Trinajstić information content (AvgIpc) is 3.15. The molecule has 32 heavy (non-hydrogen) atoms. The number of hydrogen-bond acceptors (Lipinski definition) is 6. The van der Waals surface area contributed by atoms with E-state index in [1.54, 1.807) is 12.1 Å². The van der Waals surface area contributed by atoms with Gasteiger partial charge in [-0.2, -0.15) is 13.2 Å². The molecule has 1 atom stereocenters. The molecule has 3 aliphatic rings. The van der Waals surface area contributed by atoms with Crippen molar-refractivity contribution in [3.63, 3.8) is 0 Å². The van der Waals surface area contributed by atoms with Crippen LogP contribution >= 0.6 is 0 Å². The number of carbonyl (C=O) groups is 2. The predicted octanol–water partition coefficient (Wildman–Crippen LogP) is 2.02. The molecular weight excluding hydrogens is 425 g/mol. The first kappa shape index (κ1) is 22.2. The van der Waals surface area contributed by atoms with Crippen LogP contribution in [0.3, 0.4) is 0 Å². The van der Waals surface area contributed by atoms with E-state index in [2.05, 4.69) is 10.6 Å². The van der Waals surface area contributed by atoms with Gasteiger partial charge in [0.15, 0.2) is 12.0 Å². The van der Waals surface area contributed by atoms with Crippen LogP contribution in [0.5, 0.6) is 0 Å². The third-order valence-corrected chi connectivity index (χ3v) is 5.68. The van der Waals surface area contributed by atoms with Crippen LogP contribution in [0.1, 0.15) is 18.4 Å². The van der Waals surface area contributed by atoms with Crippen molar-refractivity contribution in [3.8, 4) is 0 Å². The summed E-state index contributed by atoms with van der Waals surface area (Å²) in [6.07, 6.45) is -0.589. The molecule has 1 fully saturated rings. The summed E-state index contributed by atoms with van der Waals surface area (Å²) in [7, 11) is 0. The second kappa shape index (κ2) is 9.23. The zero-order valence-electron chi connectivity index (χ0n) is 17.5. The Morgan fingerprint density at radius 3 is 2.72 bits per heavy atom. The predicted molar refractivity (Wildman–Crippen MR) is 112 cm³/mol. The third kappa shape index (κ3) is 5.42. The second-order valence-electron chi connectivity index (χ2n) is 8.01. The molecule has 2 N–H and O–H groups in total. The Morgan fingerprint density at radius 1 is 1.19 bits per heavy atom. The van der Waals surface area contributed by atoms with E-state index in [4.69, 9.17) is 4.74 Å². The number of amides is 1. The standard InChI is InChI=1S/C22H25F3N4O3/c23-22(24,25)15-2-1-3-16(12-15)29-10-8-28(9-11-29)14-20(31)26-7-6-21-27-18-5-4-17(30)13-19(18)32-21/h1-5,12,21,27H,6-11,13-14H2,(H,26,31). The molecule has 2 aliphatic heterocycles. The van der Waals surface area contributed by atoms with Gasteiger partial charge in [-0.3, -0.25) is 14.5 Å². The molecule has 1 saturated heterocycles. The number of alkyl halides is 3. The van der Waals surface area contributed by atoms with Crippen molar-refractivity contribution >= 4 is 17.4 Å². The van der Waals surface area contributed by atoms with E-state index < -0.39 is 11.7 Å². The lowest BCUT2D eigenvalue weighted by atomic mass is 10.1. The van der Waals surface area contributed by atoms with Gasteiger partial charge in [0, 0.05) is 44.8 Å². The highest BCUT2D eigenvalue weighted by Gasteiger charge is 2.31. The molecule has 1 aliphatic carbocycles. The second-order valence-corrected chi connectivity index (χ2v) is 8.01.